The molecule has 13 heteroatoms. The van der Waals surface area contributed by atoms with Crippen molar-refractivity contribution in [3.63, 3.8) is 0 Å². The number of fused-ring (bicyclic) bond motifs is 1. The van der Waals surface area contributed by atoms with Crippen LogP contribution >= 0.6 is 0 Å². The average Bonchev–Trinajstić information content (AvgIpc) is 3.17. The molecule has 1 atom stereocenters. The predicted octanol–water partition coefficient (Wildman–Crippen LogP) is 3.51. The third kappa shape index (κ3) is 7.34. The monoisotopic (exact) mass is 710 g/mol. The Morgan fingerprint density at radius 1 is 0.923 bits per heavy atom. The zero-order valence-electron chi connectivity index (χ0n) is 29.9. The van der Waals surface area contributed by atoms with Gasteiger partial charge in [-0.05, 0) is 73.0 Å². The van der Waals surface area contributed by atoms with Crippen molar-refractivity contribution in [3.8, 4) is 22.6 Å². The maximum atomic E-state index is 13.4. The first kappa shape index (κ1) is 35.4. The first-order chi connectivity index (χ1) is 25.2. The van der Waals surface area contributed by atoms with E-state index in [1.807, 2.05) is 41.4 Å². The van der Waals surface area contributed by atoms with E-state index >= 15 is 0 Å². The summed E-state index contributed by atoms with van der Waals surface area (Å²) < 4.78 is 20.0. The number of ether oxygens (including phenoxy) is 3. The highest BCUT2D eigenvalue weighted by Gasteiger charge is 2.30. The van der Waals surface area contributed by atoms with Crippen LogP contribution in [0, 0.1) is 0 Å². The Hall–Kier alpha value is -4.98. The smallest absolute Gasteiger partial charge is 0.259 e. The van der Waals surface area contributed by atoms with Gasteiger partial charge in [-0.1, -0.05) is 6.07 Å². The van der Waals surface area contributed by atoms with Crippen LogP contribution in [0.4, 0.5) is 5.69 Å². The van der Waals surface area contributed by atoms with E-state index in [4.69, 9.17) is 14.2 Å². The average molecular weight is 711 g/mol. The van der Waals surface area contributed by atoms with Gasteiger partial charge >= 0.3 is 0 Å². The van der Waals surface area contributed by atoms with Gasteiger partial charge in [-0.3, -0.25) is 24.3 Å². The van der Waals surface area contributed by atoms with Crippen LogP contribution in [0.25, 0.3) is 21.9 Å². The van der Waals surface area contributed by atoms with E-state index in [0.29, 0.717) is 42.8 Å². The summed E-state index contributed by atoms with van der Waals surface area (Å²) in [7, 11) is 5.08. The van der Waals surface area contributed by atoms with Crippen molar-refractivity contribution in [2.45, 2.75) is 57.2 Å². The molecule has 3 saturated heterocycles. The van der Waals surface area contributed by atoms with Gasteiger partial charge in [0.15, 0.2) is 0 Å². The lowest BCUT2D eigenvalue weighted by Gasteiger charge is -2.37. The van der Waals surface area contributed by atoms with Gasteiger partial charge in [-0.2, -0.15) is 0 Å². The highest BCUT2D eigenvalue weighted by molar-refractivity contribution is 5.96. The number of rotatable bonds is 9. The van der Waals surface area contributed by atoms with Crippen LogP contribution in [0.3, 0.4) is 0 Å². The Labute approximate surface area is 302 Å². The second-order valence-corrected chi connectivity index (χ2v) is 13.8. The van der Waals surface area contributed by atoms with Crippen LogP contribution in [-0.2, 0) is 23.1 Å². The van der Waals surface area contributed by atoms with Crippen LogP contribution in [-0.4, -0.2) is 102 Å². The molecule has 1 unspecified atom stereocenters. The number of nitrogens with one attached hydrogen (secondary N) is 1. The molecule has 0 radical (unpaired) electrons. The standard InChI is InChI=1S/C39H46N6O7/c1-42-23-32(30-7-13-40-22-31(30)38(42)48)26-20-34(50-2)33(35(21-26)51-3)24-43-14-8-28(9-15-43)52-29-10-16-44(17-11-29)37(47)25-5-4-6-27(19-25)45-18-12-36(46)41-39(45)49/h4-7,13,19-23,28-29,39,49H,8-12,14-18,24H2,1-3H3,(H,41,46). The second kappa shape index (κ2) is 15.3. The minimum atomic E-state index is -1.11. The predicted molar refractivity (Wildman–Crippen MR) is 196 cm³/mol. The molecule has 4 aromatic rings. The molecule has 0 bridgehead atoms. The number of nitrogens with zero attached hydrogens (tertiary/aromatic N) is 5. The first-order valence-corrected chi connectivity index (χ1v) is 17.9. The summed E-state index contributed by atoms with van der Waals surface area (Å²) >= 11 is 0. The lowest BCUT2D eigenvalue weighted by atomic mass is 9.98. The SMILES string of the molecule is COc1cc(-c2cn(C)c(=O)c3cnccc23)cc(OC)c1CN1CCC(OC2CCN(C(=O)c3cccc(N4CCC(=O)NC4O)c3)CC2)CC1. The summed E-state index contributed by atoms with van der Waals surface area (Å²) in [4.78, 5) is 47.9. The number of likely N-dealkylation sites (tertiary alicyclic amines) is 2. The van der Waals surface area contributed by atoms with Gasteiger partial charge in [0.1, 0.15) is 11.5 Å². The number of pyridine rings is 2. The van der Waals surface area contributed by atoms with Crippen molar-refractivity contribution in [1.82, 2.24) is 24.7 Å². The zero-order valence-corrected chi connectivity index (χ0v) is 29.9. The molecule has 5 heterocycles. The van der Waals surface area contributed by atoms with E-state index in [-0.39, 0.29) is 36.0 Å². The molecule has 13 nitrogen and oxygen atoms in total. The molecule has 2 amide bonds. The lowest BCUT2D eigenvalue weighted by molar-refractivity contribution is -0.125. The van der Waals surface area contributed by atoms with E-state index in [1.54, 1.807) is 55.3 Å². The number of aliphatic hydroxyl groups is 1. The normalized spacial score (nSPS) is 19.2. The van der Waals surface area contributed by atoms with Gasteiger partial charge in [-0.15, -0.1) is 0 Å². The molecule has 2 N–H and O–H groups in total. The third-order valence-electron chi connectivity index (χ3n) is 10.5. The fraction of sp³-hybridized carbons (Fsp3) is 0.436. The number of anilines is 1. The van der Waals surface area contributed by atoms with Crippen molar-refractivity contribution < 1.29 is 28.9 Å². The molecule has 2 aromatic carbocycles. The highest BCUT2D eigenvalue weighted by atomic mass is 16.5. The van der Waals surface area contributed by atoms with E-state index in [2.05, 4.69) is 15.2 Å². The quantitative estimate of drug-likeness (QED) is 0.266. The van der Waals surface area contributed by atoms with Crippen molar-refractivity contribution in [2.75, 3.05) is 51.8 Å². The van der Waals surface area contributed by atoms with E-state index in [1.165, 1.54) is 0 Å². The number of benzene rings is 2. The van der Waals surface area contributed by atoms with Gasteiger partial charge in [0.05, 0.1) is 37.4 Å². The van der Waals surface area contributed by atoms with Gasteiger partial charge < -0.3 is 39.0 Å². The van der Waals surface area contributed by atoms with Crippen LogP contribution in [0.5, 0.6) is 11.5 Å². The Morgan fingerprint density at radius 3 is 2.29 bits per heavy atom. The number of hydrogen-bond donors (Lipinski definition) is 2. The number of piperidine rings is 2. The van der Waals surface area contributed by atoms with Gasteiger partial charge in [-0.25, -0.2) is 0 Å². The van der Waals surface area contributed by atoms with Crippen molar-refractivity contribution in [2.24, 2.45) is 7.05 Å². The summed E-state index contributed by atoms with van der Waals surface area (Å²) in [5.74, 6) is 1.23. The van der Waals surface area contributed by atoms with Crippen LogP contribution in [0.2, 0.25) is 0 Å². The van der Waals surface area contributed by atoms with Crippen LogP contribution < -0.4 is 25.2 Å². The second-order valence-electron chi connectivity index (χ2n) is 13.8. The minimum absolute atomic E-state index is 0.0388. The first-order valence-electron chi connectivity index (χ1n) is 17.9. The molecule has 2 aromatic heterocycles. The molecular weight excluding hydrogens is 664 g/mol. The van der Waals surface area contributed by atoms with Crippen molar-refractivity contribution >= 4 is 28.3 Å². The van der Waals surface area contributed by atoms with Crippen LogP contribution in [0.15, 0.2) is 65.8 Å². The van der Waals surface area contributed by atoms with Gasteiger partial charge in [0, 0.05) is 88.1 Å². The Balaban J connectivity index is 0.932. The summed E-state index contributed by atoms with van der Waals surface area (Å²) in [6, 6.07) is 13.1. The van der Waals surface area contributed by atoms with Crippen molar-refractivity contribution in [1.29, 1.82) is 0 Å². The minimum Gasteiger partial charge on any atom is -0.496 e. The maximum Gasteiger partial charge on any atom is 0.259 e. The lowest BCUT2D eigenvalue weighted by Crippen LogP contribution is -2.54. The number of carbonyl (C=O) groups is 2. The number of hydrogen-bond acceptors (Lipinski definition) is 10. The fourth-order valence-corrected chi connectivity index (χ4v) is 7.64. The molecule has 0 spiro atoms. The molecule has 52 heavy (non-hydrogen) atoms. The molecule has 7 rings (SSSR count). The third-order valence-corrected chi connectivity index (χ3v) is 10.5. The molecule has 3 aliphatic heterocycles. The largest absolute Gasteiger partial charge is 0.496 e. The Kier molecular flexibility index (Phi) is 10.4. The van der Waals surface area contributed by atoms with E-state index in [0.717, 1.165) is 72.3 Å². The summed E-state index contributed by atoms with van der Waals surface area (Å²) in [5.41, 5.74) is 3.94. The van der Waals surface area contributed by atoms with E-state index < -0.39 is 6.35 Å². The van der Waals surface area contributed by atoms with Crippen molar-refractivity contribution in [3.05, 3.63) is 82.5 Å². The number of carbonyl (C=O) groups excluding carboxylic acids is 2. The number of amides is 2. The summed E-state index contributed by atoms with van der Waals surface area (Å²) in [5, 5.41) is 14.2. The van der Waals surface area contributed by atoms with E-state index in [9.17, 15) is 19.5 Å². The molecular formula is C39H46N6O7. The summed E-state index contributed by atoms with van der Waals surface area (Å²) in [6.45, 7) is 4.05. The number of methoxy groups -OCH3 is 2. The Morgan fingerprint density at radius 2 is 1.62 bits per heavy atom. The molecule has 274 valence electrons. The fourth-order valence-electron chi connectivity index (χ4n) is 7.64. The topological polar surface area (TPSA) is 139 Å². The zero-order chi connectivity index (χ0) is 36.4. The molecule has 3 aliphatic rings. The number of aryl methyl sites for hydroxylation is 1. The van der Waals surface area contributed by atoms with Crippen LogP contribution in [0.1, 0.15) is 48.0 Å². The number of aliphatic hydroxyl groups excluding tert-OH is 1. The molecule has 0 aliphatic carbocycles. The van der Waals surface area contributed by atoms with Gasteiger partial charge in [0.25, 0.3) is 11.5 Å². The molecule has 3 fully saturated rings. The highest BCUT2D eigenvalue weighted by Crippen LogP contribution is 2.38. The molecule has 0 saturated carbocycles. The van der Waals surface area contributed by atoms with Gasteiger partial charge in [0.2, 0.25) is 12.3 Å². The maximum absolute atomic E-state index is 13.4. The Bertz CT molecular complexity index is 1980. The summed E-state index contributed by atoms with van der Waals surface area (Å²) in [6.07, 6.45) is 7.99. The number of aromatic nitrogens is 2.